The second-order valence-electron chi connectivity index (χ2n) is 2.10. The molecular weight excluding hydrogens is 168 g/mol. The quantitative estimate of drug-likeness (QED) is 0.401. The van der Waals surface area contributed by atoms with Crippen molar-refractivity contribution in [3.05, 3.63) is 36.7 Å². The second kappa shape index (κ2) is 5.66. The van der Waals surface area contributed by atoms with Gasteiger partial charge >= 0.3 is 0 Å². The zero-order chi connectivity index (χ0) is 9.56. The van der Waals surface area contributed by atoms with E-state index in [0.29, 0.717) is 0 Å². The van der Waals surface area contributed by atoms with Crippen molar-refractivity contribution < 1.29 is 0 Å². The minimum atomic E-state index is 0.742. The van der Waals surface area contributed by atoms with E-state index in [0.717, 1.165) is 11.4 Å². The molecular formula is C9H14N2S. The van der Waals surface area contributed by atoms with Gasteiger partial charge in [-0.15, -0.1) is 0 Å². The molecule has 2 nitrogen and oxygen atoms in total. The third-order valence-corrected chi connectivity index (χ3v) is 1.45. The molecule has 0 aliphatic carbocycles. The number of aliphatic imine (C=N–C) groups is 1. The van der Waals surface area contributed by atoms with Crippen LogP contribution in [0.1, 0.15) is 6.92 Å². The Bertz CT molecular complexity index is 217. The van der Waals surface area contributed by atoms with Gasteiger partial charge in [0.2, 0.25) is 0 Å². The third-order valence-electron chi connectivity index (χ3n) is 1.26. The van der Waals surface area contributed by atoms with Crippen LogP contribution in [0, 0.1) is 0 Å². The van der Waals surface area contributed by atoms with E-state index in [4.69, 9.17) is 0 Å². The molecule has 0 saturated heterocycles. The van der Waals surface area contributed by atoms with Crippen LogP contribution in [-0.4, -0.2) is 17.6 Å². The molecule has 0 aliphatic heterocycles. The van der Waals surface area contributed by atoms with Crippen LogP contribution in [0.4, 0.5) is 0 Å². The van der Waals surface area contributed by atoms with Crippen molar-refractivity contribution >= 4 is 19.0 Å². The third kappa shape index (κ3) is 2.96. The Balaban J connectivity index is 5.01. The Hall–Kier alpha value is -0.960. The van der Waals surface area contributed by atoms with Crippen molar-refractivity contribution in [3.63, 3.8) is 0 Å². The summed E-state index contributed by atoms with van der Waals surface area (Å²) in [5, 5.41) is 0. The average molecular weight is 182 g/mol. The van der Waals surface area contributed by atoms with Crippen molar-refractivity contribution in [3.8, 4) is 0 Å². The van der Waals surface area contributed by atoms with E-state index in [9.17, 15) is 0 Å². The number of thiol groups is 1. The summed E-state index contributed by atoms with van der Waals surface area (Å²) in [6.07, 6.45) is 5.10. The van der Waals surface area contributed by atoms with Gasteiger partial charge in [0.15, 0.2) is 0 Å². The average Bonchev–Trinajstić information content (AvgIpc) is 2.05. The maximum atomic E-state index is 4.14. The molecule has 3 heteroatoms. The van der Waals surface area contributed by atoms with Crippen LogP contribution >= 0.6 is 12.8 Å². The number of allylic oxidation sites excluding steroid dienone is 3. The topological polar surface area (TPSA) is 15.6 Å². The van der Waals surface area contributed by atoms with Gasteiger partial charge in [-0.05, 0) is 6.92 Å². The number of nitrogens with zero attached hydrogens (tertiary/aromatic N) is 2. The molecule has 0 amide bonds. The molecule has 0 rings (SSSR count). The lowest BCUT2D eigenvalue weighted by Crippen LogP contribution is -2.04. The molecule has 0 aromatic heterocycles. The molecule has 0 heterocycles. The van der Waals surface area contributed by atoms with Gasteiger partial charge in [0.25, 0.3) is 0 Å². The molecule has 0 aliphatic rings. The van der Waals surface area contributed by atoms with E-state index in [2.05, 4.69) is 31.0 Å². The summed E-state index contributed by atoms with van der Waals surface area (Å²) in [5.74, 6) is 0.742. The second-order valence-corrected chi connectivity index (χ2v) is 2.70. The molecule has 0 N–H and O–H groups in total. The Kier molecular flexibility index (Phi) is 5.21. The molecule has 0 aromatic rings. The summed E-state index contributed by atoms with van der Waals surface area (Å²) in [5.41, 5.74) is 0.866. The van der Waals surface area contributed by atoms with Crippen molar-refractivity contribution in [1.29, 1.82) is 0 Å². The predicted molar refractivity (Wildman–Crippen MR) is 58.3 cm³/mol. The largest absolute Gasteiger partial charge is 0.306 e. The van der Waals surface area contributed by atoms with Crippen molar-refractivity contribution in [1.82, 2.24) is 4.31 Å². The lowest BCUT2D eigenvalue weighted by atomic mass is 10.2. The number of hydrogen-bond acceptors (Lipinski definition) is 3. The molecule has 0 fully saturated rings. The molecule has 0 atom stereocenters. The highest BCUT2D eigenvalue weighted by atomic mass is 32.1. The molecule has 0 spiro atoms. The van der Waals surface area contributed by atoms with E-state index >= 15 is 0 Å². The fraction of sp³-hybridized carbons (Fsp3) is 0.222. The highest BCUT2D eigenvalue weighted by Crippen LogP contribution is 2.13. The molecule has 66 valence electrons. The molecule has 0 aromatic carbocycles. The summed E-state index contributed by atoms with van der Waals surface area (Å²) in [7, 11) is 1.80. The molecule has 0 saturated carbocycles. The van der Waals surface area contributed by atoms with Gasteiger partial charge in [0.05, 0.1) is 0 Å². The standard InChI is InChI=1S/C9H14N2S/c1-5-8(6-2)9(10-7-3)11(4)12/h5-7,12H,1-2H2,3-4H3. The Morgan fingerprint density at radius 3 is 2.17 bits per heavy atom. The summed E-state index contributed by atoms with van der Waals surface area (Å²) in [4.78, 5) is 4.13. The molecule has 0 unspecified atom stereocenters. The molecule has 0 radical (unpaired) electrons. The SMILES string of the molecule is C=CC(C=C)=C(N=CC)N(C)S. The minimum absolute atomic E-state index is 0.742. The first kappa shape index (κ1) is 11.0. The first-order valence-corrected chi connectivity index (χ1v) is 3.97. The van der Waals surface area contributed by atoms with Crippen LogP contribution in [0.5, 0.6) is 0 Å². The highest BCUT2D eigenvalue weighted by molar-refractivity contribution is 7.77. The minimum Gasteiger partial charge on any atom is -0.306 e. The highest BCUT2D eigenvalue weighted by Gasteiger charge is 2.00. The van der Waals surface area contributed by atoms with Crippen LogP contribution in [0.3, 0.4) is 0 Å². The van der Waals surface area contributed by atoms with Crippen LogP contribution < -0.4 is 0 Å². The van der Waals surface area contributed by atoms with Crippen molar-refractivity contribution in [2.45, 2.75) is 6.92 Å². The van der Waals surface area contributed by atoms with Gasteiger partial charge in [-0.2, -0.15) is 0 Å². The summed E-state index contributed by atoms with van der Waals surface area (Å²) in [6.45, 7) is 9.16. The van der Waals surface area contributed by atoms with E-state index in [1.807, 2.05) is 6.92 Å². The van der Waals surface area contributed by atoms with Gasteiger partial charge in [-0.3, -0.25) is 0 Å². The monoisotopic (exact) mass is 182 g/mol. The van der Waals surface area contributed by atoms with Crippen LogP contribution in [0.2, 0.25) is 0 Å². The summed E-state index contributed by atoms with van der Waals surface area (Å²) < 4.78 is 1.62. The first-order valence-electron chi connectivity index (χ1n) is 3.57. The summed E-state index contributed by atoms with van der Waals surface area (Å²) in [6, 6.07) is 0. The fourth-order valence-corrected chi connectivity index (χ4v) is 0.900. The van der Waals surface area contributed by atoms with Gasteiger partial charge in [0.1, 0.15) is 5.82 Å². The maximum Gasteiger partial charge on any atom is 0.144 e. The van der Waals surface area contributed by atoms with E-state index in [-0.39, 0.29) is 0 Å². The molecule has 12 heavy (non-hydrogen) atoms. The Morgan fingerprint density at radius 2 is 1.92 bits per heavy atom. The number of hydrogen-bond donors (Lipinski definition) is 1. The van der Waals surface area contributed by atoms with Crippen molar-refractivity contribution in [2.75, 3.05) is 7.05 Å². The number of rotatable bonds is 4. The fourth-order valence-electron chi connectivity index (χ4n) is 0.733. The van der Waals surface area contributed by atoms with Crippen LogP contribution in [-0.2, 0) is 0 Å². The first-order chi connectivity index (χ1) is 5.67. The van der Waals surface area contributed by atoms with E-state index in [1.165, 1.54) is 0 Å². The van der Waals surface area contributed by atoms with Crippen LogP contribution in [0.15, 0.2) is 41.7 Å². The normalized spacial score (nSPS) is 9.58. The van der Waals surface area contributed by atoms with E-state index in [1.54, 1.807) is 29.7 Å². The molecule has 0 bridgehead atoms. The predicted octanol–water partition coefficient (Wildman–Crippen LogP) is 2.44. The van der Waals surface area contributed by atoms with Crippen molar-refractivity contribution in [2.24, 2.45) is 4.99 Å². The summed E-state index contributed by atoms with van der Waals surface area (Å²) >= 11 is 4.14. The van der Waals surface area contributed by atoms with Gasteiger partial charge < -0.3 is 4.31 Å². The van der Waals surface area contributed by atoms with Crippen LogP contribution in [0.25, 0.3) is 0 Å². The Labute approximate surface area is 79.5 Å². The van der Waals surface area contributed by atoms with Gasteiger partial charge in [-0.1, -0.05) is 38.1 Å². The smallest absolute Gasteiger partial charge is 0.144 e. The Morgan fingerprint density at radius 1 is 1.42 bits per heavy atom. The lowest BCUT2D eigenvalue weighted by Gasteiger charge is -2.12. The van der Waals surface area contributed by atoms with E-state index < -0.39 is 0 Å². The maximum absolute atomic E-state index is 4.14. The van der Waals surface area contributed by atoms with Gasteiger partial charge in [-0.25, -0.2) is 4.99 Å². The lowest BCUT2D eigenvalue weighted by molar-refractivity contribution is 0.696. The van der Waals surface area contributed by atoms with Gasteiger partial charge in [0, 0.05) is 18.8 Å². The zero-order valence-corrected chi connectivity index (χ0v) is 8.38. The zero-order valence-electron chi connectivity index (χ0n) is 7.49.